The van der Waals surface area contributed by atoms with Crippen LogP contribution in [0, 0.1) is 17.1 Å². The molecule has 1 aliphatic carbocycles. The van der Waals surface area contributed by atoms with Crippen molar-refractivity contribution in [2.45, 2.75) is 52.2 Å². The Morgan fingerprint density at radius 3 is 2.51 bits per heavy atom. The first-order valence-corrected chi connectivity index (χ1v) is 11.8. The molecule has 0 bridgehead atoms. The van der Waals surface area contributed by atoms with E-state index in [0.29, 0.717) is 40.4 Å². The summed E-state index contributed by atoms with van der Waals surface area (Å²) in [4.78, 5) is 27.5. The third kappa shape index (κ3) is 4.97. The van der Waals surface area contributed by atoms with E-state index in [2.05, 4.69) is 0 Å². The summed E-state index contributed by atoms with van der Waals surface area (Å²) in [5.74, 6) is -0.339. The largest absolute Gasteiger partial charge is 0.490 e. The van der Waals surface area contributed by atoms with E-state index in [-0.39, 0.29) is 29.9 Å². The number of hydrogen-bond acceptors (Lipinski definition) is 5. The van der Waals surface area contributed by atoms with E-state index in [4.69, 9.17) is 9.47 Å². The number of imide groups is 1. The zero-order valence-electron chi connectivity index (χ0n) is 19.8. The van der Waals surface area contributed by atoms with Gasteiger partial charge < -0.3 is 9.47 Å². The molecule has 0 N–H and O–H groups in total. The monoisotopic (exact) mass is 474 g/mol. The number of benzene rings is 2. The lowest BCUT2D eigenvalue weighted by atomic mass is 9.92. The van der Waals surface area contributed by atoms with Crippen LogP contribution in [0.1, 0.15) is 50.7 Å². The van der Waals surface area contributed by atoms with E-state index in [1.54, 1.807) is 49.4 Å². The first kappa shape index (κ1) is 24.2. The number of hydrogen-bond donors (Lipinski definition) is 0. The first-order chi connectivity index (χ1) is 16.9. The molecule has 1 saturated carbocycles. The molecule has 2 amide bonds. The number of amides is 2. The van der Waals surface area contributed by atoms with Crippen molar-refractivity contribution < 1.29 is 23.5 Å². The number of rotatable bonds is 7. The molecular formula is C28H27FN2O4. The molecule has 7 heteroatoms. The Balaban J connectivity index is 1.66. The number of ether oxygens (including phenoxy) is 2. The molecule has 0 spiro atoms. The van der Waals surface area contributed by atoms with E-state index in [0.717, 1.165) is 25.7 Å². The van der Waals surface area contributed by atoms with E-state index in [1.165, 1.54) is 11.0 Å². The minimum absolute atomic E-state index is 0.00220. The van der Waals surface area contributed by atoms with Gasteiger partial charge in [-0.2, -0.15) is 5.26 Å². The van der Waals surface area contributed by atoms with E-state index < -0.39 is 5.91 Å². The minimum atomic E-state index is -0.508. The van der Waals surface area contributed by atoms with Gasteiger partial charge in [-0.15, -0.1) is 0 Å². The predicted octanol–water partition coefficient (Wildman–Crippen LogP) is 5.34. The van der Waals surface area contributed by atoms with Crippen LogP contribution in [0.4, 0.5) is 4.39 Å². The van der Waals surface area contributed by atoms with Crippen LogP contribution in [-0.2, 0) is 16.2 Å². The zero-order chi connectivity index (χ0) is 24.9. The molecule has 2 aliphatic rings. The number of halogens is 1. The highest BCUT2D eigenvalue weighted by Gasteiger charge is 2.40. The summed E-state index contributed by atoms with van der Waals surface area (Å²) in [6.45, 7) is 3.89. The Morgan fingerprint density at radius 2 is 1.83 bits per heavy atom. The highest BCUT2D eigenvalue weighted by molar-refractivity contribution is 6.19. The molecule has 2 aromatic rings. The molecule has 0 saturated heterocycles. The summed E-state index contributed by atoms with van der Waals surface area (Å²) in [5, 5.41) is 9.63. The molecule has 1 fully saturated rings. The van der Waals surface area contributed by atoms with Crippen molar-refractivity contribution in [2.75, 3.05) is 6.61 Å². The van der Waals surface area contributed by atoms with Gasteiger partial charge in [0.1, 0.15) is 24.1 Å². The van der Waals surface area contributed by atoms with Gasteiger partial charge in [-0.25, -0.2) is 4.39 Å². The number of nitriles is 1. The van der Waals surface area contributed by atoms with Gasteiger partial charge >= 0.3 is 0 Å². The van der Waals surface area contributed by atoms with Crippen LogP contribution < -0.4 is 9.47 Å². The maximum Gasteiger partial charge on any atom is 0.271 e. The number of nitrogens with zero attached hydrogens (tertiary/aromatic N) is 2. The highest BCUT2D eigenvalue weighted by atomic mass is 19.1. The summed E-state index contributed by atoms with van der Waals surface area (Å²) in [6, 6.07) is 13.4. The van der Waals surface area contributed by atoms with Gasteiger partial charge in [0.15, 0.2) is 11.5 Å². The van der Waals surface area contributed by atoms with Crippen LogP contribution in [0.2, 0.25) is 0 Å². The normalized spacial score (nSPS) is 17.8. The molecular weight excluding hydrogens is 447 g/mol. The third-order valence-corrected chi connectivity index (χ3v) is 6.38. The van der Waals surface area contributed by atoms with Crippen LogP contribution in [-0.4, -0.2) is 29.4 Å². The smallest absolute Gasteiger partial charge is 0.271 e. The van der Waals surface area contributed by atoms with Crippen LogP contribution >= 0.6 is 0 Å². The molecule has 35 heavy (non-hydrogen) atoms. The Hall–Kier alpha value is -3.92. The predicted molar refractivity (Wildman–Crippen MR) is 129 cm³/mol. The fourth-order valence-electron chi connectivity index (χ4n) is 4.53. The van der Waals surface area contributed by atoms with Gasteiger partial charge in [-0.05, 0) is 62.1 Å². The summed E-state index contributed by atoms with van der Waals surface area (Å²) in [5.41, 5.74) is 1.77. The second-order valence-electron chi connectivity index (χ2n) is 8.61. The minimum Gasteiger partial charge on any atom is -0.490 e. The molecule has 0 atom stereocenters. The van der Waals surface area contributed by atoms with E-state index >= 15 is 0 Å². The van der Waals surface area contributed by atoms with Crippen molar-refractivity contribution in [1.82, 2.24) is 4.90 Å². The molecule has 0 radical (unpaired) electrons. The standard InChI is InChI=1S/C28H27FN2O4/c1-3-34-26-15-19(12-13-25(26)35-17-20-8-4-7-11-24(20)29)14-22-18(2)23(16-30)28(33)31(27(22)32)21-9-5-6-10-21/h4,7-8,11-15,21H,3,5-6,9-10,17H2,1-2H3/b22-14+. The molecule has 180 valence electrons. The van der Waals surface area contributed by atoms with Crippen molar-refractivity contribution in [3.05, 3.63) is 76.1 Å². The SMILES string of the molecule is CCOc1cc(/C=C2/C(=O)N(C3CCCC3)C(=O)C(C#N)=C2C)ccc1OCc1ccccc1F. The Labute approximate surface area is 204 Å². The van der Waals surface area contributed by atoms with E-state index in [9.17, 15) is 19.2 Å². The lowest BCUT2D eigenvalue weighted by Gasteiger charge is -2.32. The third-order valence-electron chi connectivity index (χ3n) is 6.38. The van der Waals surface area contributed by atoms with Crippen LogP contribution in [0.15, 0.2) is 59.2 Å². The summed E-state index contributed by atoms with van der Waals surface area (Å²) < 4.78 is 25.5. The lowest BCUT2D eigenvalue weighted by Crippen LogP contribution is -2.47. The first-order valence-electron chi connectivity index (χ1n) is 11.8. The Bertz CT molecular complexity index is 1250. The highest BCUT2D eigenvalue weighted by Crippen LogP contribution is 2.35. The van der Waals surface area contributed by atoms with Crippen LogP contribution in [0.5, 0.6) is 11.5 Å². The van der Waals surface area contributed by atoms with Gasteiger partial charge in [-0.3, -0.25) is 14.5 Å². The summed E-state index contributed by atoms with van der Waals surface area (Å²) >= 11 is 0. The van der Waals surface area contributed by atoms with Gasteiger partial charge in [0.2, 0.25) is 0 Å². The van der Waals surface area contributed by atoms with Crippen molar-refractivity contribution >= 4 is 17.9 Å². The van der Waals surface area contributed by atoms with Crippen molar-refractivity contribution in [1.29, 1.82) is 5.26 Å². The molecule has 0 aromatic heterocycles. The second kappa shape index (κ2) is 10.6. The second-order valence-corrected chi connectivity index (χ2v) is 8.61. The molecule has 6 nitrogen and oxygen atoms in total. The van der Waals surface area contributed by atoms with Crippen LogP contribution in [0.3, 0.4) is 0 Å². The summed E-state index contributed by atoms with van der Waals surface area (Å²) in [7, 11) is 0. The van der Waals surface area contributed by atoms with Gasteiger partial charge in [-0.1, -0.05) is 37.1 Å². The number of carbonyl (C=O) groups is 2. The number of carbonyl (C=O) groups excluding carboxylic acids is 2. The maximum atomic E-state index is 14.0. The average Bonchev–Trinajstić information content (AvgIpc) is 3.37. The average molecular weight is 475 g/mol. The van der Waals surface area contributed by atoms with E-state index in [1.807, 2.05) is 13.0 Å². The maximum absolute atomic E-state index is 14.0. The van der Waals surface area contributed by atoms with Crippen molar-refractivity contribution in [2.24, 2.45) is 0 Å². The molecule has 1 aliphatic heterocycles. The Morgan fingerprint density at radius 1 is 1.09 bits per heavy atom. The lowest BCUT2D eigenvalue weighted by molar-refractivity contribution is -0.143. The molecule has 2 aromatic carbocycles. The van der Waals surface area contributed by atoms with Crippen molar-refractivity contribution in [3.63, 3.8) is 0 Å². The zero-order valence-corrected chi connectivity index (χ0v) is 19.8. The van der Waals surface area contributed by atoms with Crippen molar-refractivity contribution in [3.8, 4) is 17.6 Å². The molecule has 4 rings (SSSR count). The molecule has 1 heterocycles. The quantitative estimate of drug-likeness (QED) is 0.400. The fourth-order valence-corrected chi connectivity index (χ4v) is 4.53. The van der Waals surface area contributed by atoms with Crippen LogP contribution in [0.25, 0.3) is 6.08 Å². The van der Waals surface area contributed by atoms with Gasteiger partial charge in [0.05, 0.1) is 6.61 Å². The Kier molecular flexibility index (Phi) is 7.31. The molecule has 0 unspecified atom stereocenters. The summed E-state index contributed by atoms with van der Waals surface area (Å²) in [6.07, 6.45) is 5.09. The topological polar surface area (TPSA) is 79.6 Å². The van der Waals surface area contributed by atoms with Gasteiger partial charge in [0, 0.05) is 17.2 Å². The fraction of sp³-hybridized carbons (Fsp3) is 0.321. The van der Waals surface area contributed by atoms with Gasteiger partial charge in [0.25, 0.3) is 11.8 Å².